The van der Waals surface area contributed by atoms with Crippen LogP contribution in [0.3, 0.4) is 0 Å². The van der Waals surface area contributed by atoms with Crippen molar-refractivity contribution in [2.45, 2.75) is 13.3 Å². The molecule has 180 valence electrons. The highest BCUT2D eigenvalue weighted by molar-refractivity contribution is 6.42. The quantitative estimate of drug-likeness (QED) is 0.365. The molecule has 0 spiro atoms. The third-order valence-electron chi connectivity index (χ3n) is 5.81. The van der Waals surface area contributed by atoms with Crippen molar-refractivity contribution < 1.29 is 23.8 Å². The summed E-state index contributed by atoms with van der Waals surface area (Å²) in [5.41, 5.74) is 5.04. The van der Waals surface area contributed by atoms with Gasteiger partial charge in [-0.2, -0.15) is 0 Å². The SMILES string of the molecule is COc1cc(/C=C2/C(C)=C(CC(=O)Nc3ccc(Cl)c(Cl)c3)c3cc(F)ccc32)cc(OC)c1O. The van der Waals surface area contributed by atoms with Crippen molar-refractivity contribution in [3.05, 3.63) is 86.7 Å². The Balaban J connectivity index is 1.73. The van der Waals surface area contributed by atoms with E-state index < -0.39 is 5.82 Å². The second-order valence-electron chi connectivity index (χ2n) is 7.98. The lowest BCUT2D eigenvalue weighted by molar-refractivity contribution is -0.115. The summed E-state index contributed by atoms with van der Waals surface area (Å²) in [6, 6.07) is 12.7. The summed E-state index contributed by atoms with van der Waals surface area (Å²) < 4.78 is 24.7. The van der Waals surface area contributed by atoms with Crippen LogP contribution in [-0.2, 0) is 4.79 Å². The molecule has 3 aromatic rings. The fourth-order valence-electron chi connectivity index (χ4n) is 4.08. The predicted octanol–water partition coefficient (Wildman–Crippen LogP) is 7.21. The molecule has 1 amide bonds. The Morgan fingerprint density at radius 1 is 1.00 bits per heavy atom. The maximum Gasteiger partial charge on any atom is 0.228 e. The Kier molecular flexibility index (Phi) is 7.05. The molecule has 2 N–H and O–H groups in total. The minimum absolute atomic E-state index is 0.0299. The Morgan fingerprint density at radius 3 is 2.31 bits per heavy atom. The number of phenols is 1. The Hall–Kier alpha value is -3.48. The number of halogens is 3. The first-order chi connectivity index (χ1) is 16.7. The summed E-state index contributed by atoms with van der Waals surface area (Å²) in [6.45, 7) is 1.89. The lowest BCUT2D eigenvalue weighted by atomic mass is 10.00. The number of carbonyl (C=O) groups excluding carboxylic acids is 1. The van der Waals surface area contributed by atoms with Crippen LogP contribution in [-0.4, -0.2) is 25.2 Å². The Labute approximate surface area is 212 Å². The lowest BCUT2D eigenvalue weighted by Gasteiger charge is -2.11. The number of nitrogens with one attached hydrogen (secondary N) is 1. The number of rotatable bonds is 6. The van der Waals surface area contributed by atoms with Gasteiger partial charge in [0.05, 0.1) is 30.7 Å². The van der Waals surface area contributed by atoms with Crippen molar-refractivity contribution >= 4 is 52.0 Å². The number of fused-ring (bicyclic) bond motifs is 1. The molecule has 0 radical (unpaired) electrons. The molecule has 0 saturated carbocycles. The van der Waals surface area contributed by atoms with E-state index in [1.165, 1.54) is 26.4 Å². The molecule has 5 nitrogen and oxygen atoms in total. The highest BCUT2D eigenvalue weighted by Gasteiger charge is 2.26. The van der Waals surface area contributed by atoms with Crippen LogP contribution in [0.2, 0.25) is 10.0 Å². The van der Waals surface area contributed by atoms with Gasteiger partial charge in [0.1, 0.15) is 5.82 Å². The van der Waals surface area contributed by atoms with E-state index in [1.807, 2.05) is 13.0 Å². The van der Waals surface area contributed by atoms with Crippen molar-refractivity contribution in [2.24, 2.45) is 0 Å². The number of anilines is 1. The van der Waals surface area contributed by atoms with E-state index >= 15 is 0 Å². The maximum absolute atomic E-state index is 14.2. The molecule has 3 aromatic carbocycles. The first-order valence-corrected chi connectivity index (χ1v) is 11.4. The number of hydrogen-bond donors (Lipinski definition) is 2. The van der Waals surface area contributed by atoms with Gasteiger partial charge in [0, 0.05) is 5.69 Å². The van der Waals surface area contributed by atoms with E-state index in [0.29, 0.717) is 32.4 Å². The summed E-state index contributed by atoms with van der Waals surface area (Å²) in [5.74, 6) is -0.249. The second kappa shape index (κ2) is 10.0. The van der Waals surface area contributed by atoms with Gasteiger partial charge in [-0.05, 0) is 88.9 Å². The molecule has 1 aliphatic carbocycles. The molecule has 1 aliphatic rings. The summed E-state index contributed by atoms with van der Waals surface area (Å²) in [4.78, 5) is 12.9. The van der Waals surface area contributed by atoms with Gasteiger partial charge in [-0.1, -0.05) is 29.3 Å². The Bertz CT molecular complexity index is 1370. The summed E-state index contributed by atoms with van der Waals surface area (Å²) in [6.07, 6.45) is 1.92. The monoisotopic (exact) mass is 513 g/mol. The first kappa shape index (κ1) is 24.6. The molecule has 0 atom stereocenters. The number of methoxy groups -OCH3 is 2. The average Bonchev–Trinajstić information content (AvgIpc) is 3.07. The van der Waals surface area contributed by atoms with E-state index in [1.54, 1.807) is 36.4 Å². The minimum Gasteiger partial charge on any atom is -0.502 e. The van der Waals surface area contributed by atoms with Gasteiger partial charge < -0.3 is 19.9 Å². The molecule has 0 aromatic heterocycles. The van der Waals surface area contributed by atoms with E-state index in [9.17, 15) is 14.3 Å². The molecule has 8 heteroatoms. The van der Waals surface area contributed by atoms with Gasteiger partial charge >= 0.3 is 0 Å². The lowest BCUT2D eigenvalue weighted by Crippen LogP contribution is -2.12. The molecular formula is C27H22Cl2FNO4. The van der Waals surface area contributed by atoms with Crippen LogP contribution in [0.1, 0.15) is 30.0 Å². The third-order valence-corrected chi connectivity index (χ3v) is 6.55. The maximum atomic E-state index is 14.2. The standard InChI is InChI=1S/C27H22Cl2FNO4/c1-14-19(8-15-9-24(34-2)27(33)25(10-15)35-3)18-6-4-16(30)11-21(18)20(14)13-26(32)31-17-5-7-22(28)23(29)12-17/h4-12,33H,13H2,1-3H3,(H,31,32)/b19-8-. The fourth-order valence-corrected chi connectivity index (χ4v) is 4.38. The van der Waals surface area contributed by atoms with Crippen molar-refractivity contribution in [3.8, 4) is 17.2 Å². The van der Waals surface area contributed by atoms with E-state index in [4.69, 9.17) is 32.7 Å². The van der Waals surface area contributed by atoms with Crippen LogP contribution >= 0.6 is 23.2 Å². The van der Waals surface area contributed by atoms with Crippen LogP contribution in [0.4, 0.5) is 10.1 Å². The number of aromatic hydroxyl groups is 1. The summed E-state index contributed by atoms with van der Waals surface area (Å²) >= 11 is 12.0. The number of amides is 1. The number of allylic oxidation sites excluding steroid dienone is 2. The van der Waals surface area contributed by atoms with Crippen LogP contribution in [0.25, 0.3) is 17.2 Å². The minimum atomic E-state index is -0.395. The number of hydrogen-bond acceptors (Lipinski definition) is 4. The van der Waals surface area contributed by atoms with E-state index in [2.05, 4.69) is 5.32 Å². The van der Waals surface area contributed by atoms with Gasteiger partial charge in [-0.15, -0.1) is 0 Å². The zero-order valence-corrected chi connectivity index (χ0v) is 20.7. The van der Waals surface area contributed by atoms with E-state index in [-0.39, 0.29) is 29.6 Å². The molecule has 0 aliphatic heterocycles. The van der Waals surface area contributed by atoms with Crippen molar-refractivity contribution in [3.63, 3.8) is 0 Å². The van der Waals surface area contributed by atoms with Gasteiger partial charge in [-0.25, -0.2) is 4.39 Å². The molecule has 0 unspecified atom stereocenters. The predicted molar refractivity (Wildman–Crippen MR) is 138 cm³/mol. The van der Waals surface area contributed by atoms with Crippen molar-refractivity contribution in [2.75, 3.05) is 19.5 Å². The Morgan fingerprint density at radius 2 is 1.69 bits per heavy atom. The van der Waals surface area contributed by atoms with E-state index in [0.717, 1.165) is 16.7 Å². The normalized spacial score (nSPS) is 13.7. The number of phenolic OH excluding ortho intramolecular Hbond substituents is 1. The molecule has 0 heterocycles. The molecule has 35 heavy (non-hydrogen) atoms. The van der Waals surface area contributed by atoms with Crippen LogP contribution < -0.4 is 14.8 Å². The highest BCUT2D eigenvalue weighted by atomic mass is 35.5. The average molecular weight is 514 g/mol. The first-order valence-electron chi connectivity index (χ1n) is 10.6. The third kappa shape index (κ3) is 4.99. The molecule has 0 saturated heterocycles. The fraction of sp³-hybridized carbons (Fsp3) is 0.148. The van der Waals surface area contributed by atoms with Crippen LogP contribution in [0.15, 0.2) is 54.1 Å². The van der Waals surface area contributed by atoms with Crippen molar-refractivity contribution in [1.29, 1.82) is 0 Å². The second-order valence-corrected chi connectivity index (χ2v) is 8.79. The highest BCUT2D eigenvalue weighted by Crippen LogP contribution is 2.45. The molecule has 0 fully saturated rings. The van der Waals surface area contributed by atoms with Gasteiger partial charge in [0.25, 0.3) is 0 Å². The van der Waals surface area contributed by atoms with Gasteiger partial charge in [0.15, 0.2) is 11.5 Å². The zero-order chi connectivity index (χ0) is 25.3. The van der Waals surface area contributed by atoms with Crippen molar-refractivity contribution in [1.82, 2.24) is 0 Å². The summed E-state index contributed by atoms with van der Waals surface area (Å²) in [7, 11) is 2.91. The largest absolute Gasteiger partial charge is 0.502 e. The summed E-state index contributed by atoms with van der Waals surface area (Å²) in [5, 5.41) is 13.8. The number of ether oxygens (including phenoxy) is 2. The van der Waals surface area contributed by atoms with Crippen LogP contribution in [0.5, 0.6) is 17.2 Å². The zero-order valence-electron chi connectivity index (χ0n) is 19.2. The topological polar surface area (TPSA) is 67.8 Å². The molecule has 0 bridgehead atoms. The molecular weight excluding hydrogens is 492 g/mol. The molecule has 4 rings (SSSR count). The smallest absolute Gasteiger partial charge is 0.228 e. The van der Waals surface area contributed by atoms with Gasteiger partial charge in [0.2, 0.25) is 11.7 Å². The van der Waals surface area contributed by atoms with Gasteiger partial charge in [-0.3, -0.25) is 4.79 Å². The number of benzene rings is 3. The van der Waals surface area contributed by atoms with Crippen LogP contribution in [0, 0.1) is 5.82 Å². The number of carbonyl (C=O) groups is 1.